The Morgan fingerprint density at radius 3 is 2.40 bits per heavy atom. The summed E-state index contributed by atoms with van der Waals surface area (Å²) in [4.78, 5) is 1.41. The van der Waals surface area contributed by atoms with Crippen molar-refractivity contribution in [1.82, 2.24) is 5.32 Å². The van der Waals surface area contributed by atoms with Crippen molar-refractivity contribution >= 4 is 72.4 Å². The van der Waals surface area contributed by atoms with Crippen LogP contribution in [-0.2, 0) is 12.8 Å². The fourth-order valence-corrected chi connectivity index (χ4v) is 8.72. The van der Waals surface area contributed by atoms with Crippen molar-refractivity contribution in [2.45, 2.75) is 46.0 Å². The van der Waals surface area contributed by atoms with E-state index in [0.717, 1.165) is 36.3 Å². The highest BCUT2D eigenvalue weighted by Crippen LogP contribution is 2.40. The molecular formula is C40H37BN2S2. The molecule has 222 valence electrons. The molecule has 2 N–H and O–H groups in total. The van der Waals surface area contributed by atoms with Gasteiger partial charge in [-0.2, -0.15) is 11.3 Å². The van der Waals surface area contributed by atoms with E-state index in [-0.39, 0.29) is 0 Å². The van der Waals surface area contributed by atoms with Gasteiger partial charge in [0.1, 0.15) is 7.85 Å². The van der Waals surface area contributed by atoms with Crippen molar-refractivity contribution < 1.29 is 0 Å². The molecule has 0 amide bonds. The van der Waals surface area contributed by atoms with Crippen LogP contribution in [0.15, 0.2) is 103 Å². The summed E-state index contributed by atoms with van der Waals surface area (Å²) in [6.07, 6.45) is 9.40. The van der Waals surface area contributed by atoms with E-state index in [4.69, 9.17) is 7.85 Å². The number of benzene rings is 4. The molecule has 3 heterocycles. The molecule has 5 heteroatoms. The topological polar surface area (TPSA) is 24.1 Å². The van der Waals surface area contributed by atoms with Crippen molar-refractivity contribution in [3.63, 3.8) is 0 Å². The highest BCUT2D eigenvalue weighted by atomic mass is 32.1. The number of rotatable bonds is 9. The molecule has 2 radical (unpaired) electrons. The fraction of sp³-hybridized carbons (Fsp3) is 0.200. The highest BCUT2D eigenvalue weighted by molar-refractivity contribution is 7.27. The molecule has 0 bridgehead atoms. The molecule has 0 saturated heterocycles. The maximum absolute atomic E-state index is 6.64. The molecule has 0 fully saturated rings. The minimum atomic E-state index is 0.422. The molecule has 0 spiro atoms. The van der Waals surface area contributed by atoms with Crippen LogP contribution >= 0.6 is 22.7 Å². The predicted octanol–water partition coefficient (Wildman–Crippen LogP) is 10.4. The quantitative estimate of drug-likeness (QED) is 0.157. The molecule has 6 aromatic rings. The van der Waals surface area contributed by atoms with Crippen molar-refractivity contribution in [2.24, 2.45) is 0 Å². The van der Waals surface area contributed by atoms with Gasteiger partial charge >= 0.3 is 0 Å². The second kappa shape index (κ2) is 12.7. The first-order valence-corrected chi connectivity index (χ1v) is 17.5. The van der Waals surface area contributed by atoms with E-state index >= 15 is 0 Å². The van der Waals surface area contributed by atoms with Crippen LogP contribution in [0.3, 0.4) is 0 Å². The zero-order chi connectivity index (χ0) is 30.9. The minimum Gasteiger partial charge on any atom is -0.387 e. The Kier molecular flexibility index (Phi) is 8.40. The second-order valence-electron chi connectivity index (χ2n) is 12.3. The van der Waals surface area contributed by atoms with Crippen LogP contribution < -0.4 is 15.4 Å². The molecule has 2 aromatic heterocycles. The van der Waals surface area contributed by atoms with E-state index in [1.165, 1.54) is 69.7 Å². The molecule has 0 unspecified atom stereocenters. The summed E-state index contributed by atoms with van der Waals surface area (Å²) in [6.45, 7) is 7.60. The van der Waals surface area contributed by atoms with Crippen LogP contribution in [0.25, 0.3) is 36.9 Å². The summed E-state index contributed by atoms with van der Waals surface area (Å²) < 4.78 is 3.48. The summed E-state index contributed by atoms with van der Waals surface area (Å²) in [5, 5.41) is 9.80. The van der Waals surface area contributed by atoms with E-state index < -0.39 is 0 Å². The van der Waals surface area contributed by atoms with Gasteiger partial charge in [-0.3, -0.25) is 0 Å². The van der Waals surface area contributed by atoms with Gasteiger partial charge in [-0.15, -0.1) is 11.3 Å². The Labute approximate surface area is 275 Å². The first-order chi connectivity index (χ1) is 22.0. The van der Waals surface area contributed by atoms with Crippen molar-refractivity contribution in [3.8, 4) is 11.1 Å². The van der Waals surface area contributed by atoms with E-state index in [9.17, 15) is 0 Å². The van der Waals surface area contributed by atoms with Crippen molar-refractivity contribution in [2.75, 3.05) is 11.9 Å². The number of nitrogens with one attached hydrogen (secondary N) is 2. The average molecular weight is 621 g/mol. The number of anilines is 2. The third-order valence-corrected chi connectivity index (χ3v) is 11.0. The number of hydrogen-bond donors (Lipinski definition) is 2. The monoisotopic (exact) mass is 620 g/mol. The van der Waals surface area contributed by atoms with Crippen LogP contribution in [0.5, 0.6) is 0 Å². The van der Waals surface area contributed by atoms with Gasteiger partial charge in [0, 0.05) is 31.9 Å². The van der Waals surface area contributed by atoms with Gasteiger partial charge < -0.3 is 10.6 Å². The Hall–Kier alpha value is -4.06. The smallest absolute Gasteiger partial charge is 0.129 e. The van der Waals surface area contributed by atoms with Crippen molar-refractivity contribution in [1.29, 1.82) is 0 Å². The summed E-state index contributed by atoms with van der Waals surface area (Å²) in [5.74, 6) is 0.422. The van der Waals surface area contributed by atoms with Crippen LogP contribution in [0.1, 0.15) is 53.3 Å². The lowest BCUT2D eigenvalue weighted by atomic mass is 9.88. The zero-order valence-corrected chi connectivity index (χ0v) is 27.7. The number of fused-ring (bicyclic) bond motifs is 2. The molecular weight excluding hydrogens is 583 g/mol. The third kappa shape index (κ3) is 6.00. The maximum atomic E-state index is 6.64. The maximum Gasteiger partial charge on any atom is 0.129 e. The number of hydrogen-bond acceptors (Lipinski definition) is 4. The van der Waals surface area contributed by atoms with Gasteiger partial charge in [0.2, 0.25) is 0 Å². The number of aryl methyl sites for hydroxylation is 3. The molecule has 0 atom stereocenters. The molecule has 1 aliphatic heterocycles. The Morgan fingerprint density at radius 2 is 1.62 bits per heavy atom. The number of thiophene rings is 2. The molecule has 4 aromatic carbocycles. The Morgan fingerprint density at radius 1 is 0.844 bits per heavy atom. The van der Waals surface area contributed by atoms with Gasteiger partial charge in [-0.1, -0.05) is 86.2 Å². The SMILES string of the molecule is [B]c1sc2ccccc2c1-c1cc(C)ccc1CCCc1sc2ccccc2c1Nc1ccc(C2=CC=CNC2)c(C(C)C)c1. The van der Waals surface area contributed by atoms with Crippen LogP contribution in [0.4, 0.5) is 11.4 Å². The molecule has 45 heavy (non-hydrogen) atoms. The number of dihydropyridines is 1. The lowest BCUT2D eigenvalue weighted by Gasteiger charge is -2.19. The third-order valence-electron chi connectivity index (χ3n) is 8.77. The fourth-order valence-electron chi connectivity index (χ4n) is 6.53. The first-order valence-electron chi connectivity index (χ1n) is 15.8. The lowest BCUT2D eigenvalue weighted by Crippen LogP contribution is -2.13. The standard InChI is InChI=1S/C40H37BN2S2/c1-25(2)33-23-29(19-20-30(33)28-11-9-21-42-24-28)43-39-32-13-5-7-15-36(32)44-37(39)16-8-10-27-18-17-26(3)22-34(27)38-31-12-4-6-14-35(31)45-40(38)41/h4-7,9,11-15,17-23,25,42-43H,8,10,16,24H2,1-3H3. The summed E-state index contributed by atoms with van der Waals surface area (Å²) in [6, 6.07) is 31.1. The molecule has 7 rings (SSSR count). The van der Waals surface area contributed by atoms with Crippen molar-refractivity contribution in [3.05, 3.63) is 130 Å². The molecule has 2 nitrogen and oxygen atoms in total. The normalized spacial score (nSPS) is 13.0. The molecule has 0 saturated carbocycles. The van der Waals surface area contributed by atoms with E-state index in [1.54, 1.807) is 11.3 Å². The van der Waals surface area contributed by atoms with Gasteiger partial charge in [-0.05, 0) is 112 Å². The van der Waals surface area contributed by atoms with Crippen LogP contribution in [-0.4, -0.2) is 14.4 Å². The zero-order valence-electron chi connectivity index (χ0n) is 26.1. The summed E-state index contributed by atoms with van der Waals surface area (Å²) in [7, 11) is 6.64. The van der Waals surface area contributed by atoms with E-state index in [0.29, 0.717) is 5.92 Å². The Balaban J connectivity index is 1.18. The van der Waals surface area contributed by atoms with Crippen LogP contribution in [0, 0.1) is 6.92 Å². The average Bonchev–Trinajstić information content (AvgIpc) is 3.58. The summed E-state index contributed by atoms with van der Waals surface area (Å²) in [5.41, 5.74) is 11.5. The highest BCUT2D eigenvalue weighted by Gasteiger charge is 2.18. The van der Waals surface area contributed by atoms with Gasteiger partial charge in [0.25, 0.3) is 0 Å². The van der Waals surface area contributed by atoms with Crippen LogP contribution in [0.2, 0.25) is 0 Å². The minimum absolute atomic E-state index is 0.422. The van der Waals surface area contributed by atoms with Gasteiger partial charge in [-0.25, -0.2) is 0 Å². The summed E-state index contributed by atoms with van der Waals surface area (Å²) >= 11 is 3.61. The Bertz CT molecular complexity index is 2080. The number of allylic oxidation sites excluding steroid dienone is 2. The molecule has 1 aliphatic rings. The van der Waals surface area contributed by atoms with Gasteiger partial charge in [0.05, 0.1) is 5.69 Å². The van der Waals surface area contributed by atoms with Gasteiger partial charge in [0.15, 0.2) is 0 Å². The van der Waals surface area contributed by atoms with E-state index in [1.807, 2.05) is 17.5 Å². The first kappa shape index (κ1) is 29.6. The second-order valence-corrected chi connectivity index (χ2v) is 14.5. The molecule has 0 aliphatic carbocycles. The lowest BCUT2D eigenvalue weighted by molar-refractivity contribution is 0.833. The predicted molar refractivity (Wildman–Crippen MR) is 200 cm³/mol. The largest absolute Gasteiger partial charge is 0.387 e. The van der Waals surface area contributed by atoms with E-state index in [2.05, 4.69) is 128 Å².